The maximum Gasteiger partial charge on any atom is 0.371 e. The SMILES string of the molecule is C=C(C)C(=O)Oc1cc(/C=C/c2ccc(C#Cc3ccc(OC(=O)C(=C)F)cc3)cc2)ccc1C#Cc1ccc(OC(=O)C(=C)F)cc1. The van der Waals surface area contributed by atoms with E-state index in [1.165, 1.54) is 24.3 Å². The third-order valence-electron chi connectivity index (χ3n) is 6.20. The van der Waals surface area contributed by atoms with Crippen LogP contribution in [0.3, 0.4) is 0 Å². The first-order valence-electron chi connectivity index (χ1n) is 14.1. The summed E-state index contributed by atoms with van der Waals surface area (Å²) in [5, 5.41) is 0. The number of esters is 3. The Kier molecular flexibility index (Phi) is 11.4. The lowest BCUT2D eigenvalue weighted by Crippen LogP contribution is -2.09. The molecular weight excluding hydrogens is 614 g/mol. The largest absolute Gasteiger partial charge is 0.422 e. The predicted molar refractivity (Wildman–Crippen MR) is 179 cm³/mol. The zero-order valence-corrected chi connectivity index (χ0v) is 25.6. The average Bonchev–Trinajstić information content (AvgIpc) is 3.07. The molecule has 0 saturated heterocycles. The maximum atomic E-state index is 12.9. The van der Waals surface area contributed by atoms with Gasteiger partial charge in [-0.1, -0.05) is 73.8 Å². The minimum atomic E-state index is -1.20. The Labute approximate surface area is 276 Å². The molecule has 0 aromatic heterocycles. The van der Waals surface area contributed by atoms with Gasteiger partial charge < -0.3 is 14.2 Å². The van der Waals surface area contributed by atoms with Gasteiger partial charge in [-0.25, -0.2) is 14.4 Å². The zero-order chi connectivity index (χ0) is 34.6. The van der Waals surface area contributed by atoms with Crippen molar-refractivity contribution in [1.82, 2.24) is 0 Å². The first-order valence-corrected chi connectivity index (χ1v) is 14.1. The maximum absolute atomic E-state index is 12.9. The Balaban J connectivity index is 1.46. The molecule has 0 bridgehead atoms. The molecule has 0 spiro atoms. The summed E-state index contributed by atoms with van der Waals surface area (Å²) < 4.78 is 40.9. The summed E-state index contributed by atoms with van der Waals surface area (Å²) >= 11 is 0. The second-order valence-electron chi connectivity index (χ2n) is 10.0. The van der Waals surface area contributed by atoms with Gasteiger partial charge in [0.2, 0.25) is 11.7 Å². The van der Waals surface area contributed by atoms with Gasteiger partial charge in [0, 0.05) is 22.3 Å². The van der Waals surface area contributed by atoms with Crippen LogP contribution in [0.1, 0.15) is 40.3 Å². The summed E-state index contributed by atoms with van der Waals surface area (Å²) in [7, 11) is 0. The van der Waals surface area contributed by atoms with Crippen molar-refractivity contribution in [1.29, 1.82) is 0 Å². The fourth-order valence-corrected chi connectivity index (χ4v) is 3.71. The van der Waals surface area contributed by atoms with Gasteiger partial charge in [0.1, 0.15) is 17.2 Å². The average molecular weight is 641 g/mol. The first kappa shape index (κ1) is 34.1. The van der Waals surface area contributed by atoms with Crippen LogP contribution in [0.2, 0.25) is 0 Å². The summed E-state index contributed by atoms with van der Waals surface area (Å²) in [6.45, 7) is 11.0. The highest BCUT2D eigenvalue weighted by Gasteiger charge is 2.11. The van der Waals surface area contributed by atoms with Crippen LogP contribution in [0.15, 0.2) is 128 Å². The van der Waals surface area contributed by atoms with Crippen molar-refractivity contribution in [3.05, 3.63) is 161 Å². The van der Waals surface area contributed by atoms with E-state index in [9.17, 15) is 23.2 Å². The molecule has 0 unspecified atom stereocenters. The number of hydrogen-bond donors (Lipinski definition) is 0. The molecule has 4 rings (SSSR count). The van der Waals surface area contributed by atoms with Gasteiger partial charge in [0.15, 0.2) is 0 Å². The number of carbonyl (C=O) groups excluding carboxylic acids is 3. The lowest BCUT2D eigenvalue weighted by molar-refractivity contribution is -0.132. The molecule has 8 heteroatoms. The van der Waals surface area contributed by atoms with E-state index in [0.29, 0.717) is 16.7 Å². The Morgan fingerprint density at radius 1 is 0.562 bits per heavy atom. The summed E-state index contributed by atoms with van der Waals surface area (Å²) in [5.74, 6) is 7.29. The van der Waals surface area contributed by atoms with Crippen molar-refractivity contribution in [3.8, 4) is 40.9 Å². The molecule has 4 aromatic rings. The molecule has 4 aromatic carbocycles. The monoisotopic (exact) mass is 640 g/mol. The fourth-order valence-electron chi connectivity index (χ4n) is 3.71. The highest BCUT2D eigenvalue weighted by molar-refractivity contribution is 5.89. The second kappa shape index (κ2) is 16.0. The summed E-state index contributed by atoms with van der Waals surface area (Å²) in [6.07, 6.45) is 3.75. The van der Waals surface area contributed by atoms with Crippen molar-refractivity contribution in [2.45, 2.75) is 6.92 Å². The van der Waals surface area contributed by atoms with E-state index >= 15 is 0 Å². The number of rotatable bonds is 8. The van der Waals surface area contributed by atoms with Crippen LogP contribution in [-0.2, 0) is 14.4 Å². The Morgan fingerprint density at radius 2 is 0.979 bits per heavy atom. The highest BCUT2D eigenvalue weighted by Crippen LogP contribution is 2.23. The fraction of sp³-hybridized carbons (Fsp3) is 0.0250. The van der Waals surface area contributed by atoms with E-state index in [-0.39, 0.29) is 22.8 Å². The molecule has 48 heavy (non-hydrogen) atoms. The van der Waals surface area contributed by atoms with Gasteiger partial charge in [0.05, 0.1) is 5.56 Å². The Hall–Kier alpha value is -6.77. The van der Waals surface area contributed by atoms with E-state index in [1.807, 2.05) is 42.5 Å². The molecule has 0 aliphatic carbocycles. The topological polar surface area (TPSA) is 78.9 Å². The molecule has 236 valence electrons. The molecule has 0 aliphatic rings. The van der Waals surface area contributed by atoms with Gasteiger partial charge in [0.25, 0.3) is 0 Å². The lowest BCUT2D eigenvalue weighted by atomic mass is 10.1. The molecule has 0 atom stereocenters. The second-order valence-corrected chi connectivity index (χ2v) is 10.0. The van der Waals surface area contributed by atoms with Crippen molar-refractivity contribution < 1.29 is 37.4 Å². The highest BCUT2D eigenvalue weighted by atomic mass is 19.1. The number of carbonyl (C=O) groups is 3. The van der Waals surface area contributed by atoms with Crippen LogP contribution < -0.4 is 14.2 Å². The molecule has 0 saturated carbocycles. The van der Waals surface area contributed by atoms with Gasteiger partial charge in [-0.2, -0.15) is 8.78 Å². The Bertz CT molecular complexity index is 2070. The van der Waals surface area contributed by atoms with Crippen LogP contribution >= 0.6 is 0 Å². The third kappa shape index (κ3) is 10.1. The minimum Gasteiger partial charge on any atom is -0.422 e. The van der Waals surface area contributed by atoms with Crippen molar-refractivity contribution in [3.63, 3.8) is 0 Å². The summed E-state index contributed by atoms with van der Waals surface area (Å²) in [6, 6.07) is 25.2. The van der Waals surface area contributed by atoms with Gasteiger partial charge in [-0.15, -0.1) is 0 Å². The number of halogens is 2. The number of ether oxygens (including phenoxy) is 3. The van der Waals surface area contributed by atoms with Gasteiger partial charge in [-0.05, 0) is 90.8 Å². The standard InChI is InChI=1S/C40H26F2O6/c1-26(2)38(43)48-37-25-33(14-20-34(37)19-13-32-17-23-36(24-18-32)47-40(45)28(4)42)12-11-30-7-5-29(6-8-30)9-10-31-15-21-35(22-16-31)46-39(44)27(3)41/h5-8,11-12,14-18,20-25H,1,3-4H2,2H3/b12-11+. The van der Waals surface area contributed by atoms with Crippen LogP contribution in [0.5, 0.6) is 17.2 Å². The minimum absolute atomic E-state index is 0.136. The molecule has 0 amide bonds. The van der Waals surface area contributed by atoms with E-state index in [0.717, 1.165) is 16.7 Å². The molecular formula is C40H26F2O6. The lowest BCUT2D eigenvalue weighted by Gasteiger charge is -2.08. The molecule has 0 N–H and O–H groups in total. The molecule has 0 aliphatic heterocycles. The quantitative estimate of drug-likeness (QED) is 0.0641. The van der Waals surface area contributed by atoms with Crippen LogP contribution in [0.25, 0.3) is 12.2 Å². The molecule has 6 nitrogen and oxygen atoms in total. The third-order valence-corrected chi connectivity index (χ3v) is 6.20. The zero-order valence-electron chi connectivity index (χ0n) is 25.6. The van der Waals surface area contributed by atoms with E-state index < -0.39 is 29.6 Å². The van der Waals surface area contributed by atoms with Crippen molar-refractivity contribution in [2.24, 2.45) is 0 Å². The Morgan fingerprint density at radius 3 is 1.44 bits per heavy atom. The number of hydrogen-bond acceptors (Lipinski definition) is 6. The predicted octanol–water partition coefficient (Wildman–Crippen LogP) is 7.92. The van der Waals surface area contributed by atoms with Crippen molar-refractivity contribution in [2.75, 3.05) is 0 Å². The van der Waals surface area contributed by atoms with Crippen molar-refractivity contribution >= 4 is 30.1 Å². The van der Waals surface area contributed by atoms with E-state index in [1.54, 1.807) is 43.3 Å². The summed E-state index contributed by atoms with van der Waals surface area (Å²) in [5.41, 5.74) is 4.35. The molecule has 0 radical (unpaired) electrons. The van der Waals surface area contributed by atoms with Gasteiger partial charge in [-0.3, -0.25) is 0 Å². The van der Waals surface area contributed by atoms with Gasteiger partial charge >= 0.3 is 17.9 Å². The van der Waals surface area contributed by atoms with E-state index in [2.05, 4.69) is 43.4 Å². The van der Waals surface area contributed by atoms with Crippen LogP contribution in [0, 0.1) is 23.7 Å². The van der Waals surface area contributed by atoms with E-state index in [4.69, 9.17) is 14.2 Å². The number of benzene rings is 4. The summed E-state index contributed by atoms with van der Waals surface area (Å²) in [4.78, 5) is 35.0. The first-order chi connectivity index (χ1) is 23.0. The van der Waals surface area contributed by atoms with Crippen LogP contribution in [0.4, 0.5) is 8.78 Å². The smallest absolute Gasteiger partial charge is 0.371 e. The van der Waals surface area contributed by atoms with Crippen LogP contribution in [-0.4, -0.2) is 17.9 Å². The molecule has 0 heterocycles. The molecule has 0 fully saturated rings. The normalized spacial score (nSPS) is 10.1.